The molecule has 8 rings (SSSR count). The lowest BCUT2D eigenvalue weighted by Crippen LogP contribution is -2.34. The van der Waals surface area contributed by atoms with Gasteiger partial charge in [-0.1, -0.05) is 12.1 Å². The second-order valence-corrected chi connectivity index (χ2v) is 11.9. The van der Waals surface area contributed by atoms with E-state index in [0.717, 1.165) is 59.3 Å². The maximum Gasteiger partial charge on any atom is 0.216 e. The molecule has 4 aliphatic rings. The van der Waals surface area contributed by atoms with E-state index in [2.05, 4.69) is 47.6 Å². The molecule has 0 saturated carbocycles. The van der Waals surface area contributed by atoms with Crippen LogP contribution >= 0.6 is 0 Å². The first-order valence-electron chi connectivity index (χ1n) is 14.8. The third-order valence-corrected chi connectivity index (χ3v) is 9.54. The first-order chi connectivity index (χ1) is 20.9. The summed E-state index contributed by atoms with van der Waals surface area (Å²) < 4.78 is 24.9. The lowest BCUT2D eigenvalue weighted by molar-refractivity contribution is 0.215. The molecule has 0 amide bonds. The van der Waals surface area contributed by atoms with Crippen molar-refractivity contribution >= 4 is 0 Å². The highest BCUT2D eigenvalue weighted by molar-refractivity contribution is 5.77. The minimum absolute atomic E-state index is 0.0553. The van der Waals surface area contributed by atoms with Gasteiger partial charge >= 0.3 is 0 Å². The van der Waals surface area contributed by atoms with Crippen LogP contribution in [-0.2, 0) is 25.7 Å². The maximum atomic E-state index is 11.5. The van der Waals surface area contributed by atoms with Crippen LogP contribution in [0.25, 0.3) is 11.1 Å². The van der Waals surface area contributed by atoms with Crippen LogP contribution in [-0.4, -0.2) is 49.5 Å². The van der Waals surface area contributed by atoms with E-state index < -0.39 is 0 Å². The molecule has 2 unspecified atom stereocenters. The molecule has 7 bridgehead atoms. The van der Waals surface area contributed by atoms with Crippen molar-refractivity contribution < 1.29 is 29.2 Å². The van der Waals surface area contributed by atoms with E-state index in [4.69, 9.17) is 18.9 Å². The van der Waals surface area contributed by atoms with Crippen LogP contribution in [0.4, 0.5) is 0 Å². The standard InChI is InChI=1S/C35H34N2O6/c1-37-11-9-21-31-26(37)15-19-5-7-28(40-2)24(13-19)23-12-18(4-6-27(23)38)14-25-22-17-30-29(16-20(22)8-10-36-25)43-35(33(31)42-30)34(41-3)32(21)39/h4-7,12-13,16-17,25-26,36,38-39H,8-11,14-15H2,1-3H3. The van der Waals surface area contributed by atoms with E-state index in [9.17, 15) is 10.2 Å². The van der Waals surface area contributed by atoms with Gasteiger partial charge in [0.1, 0.15) is 11.5 Å². The lowest BCUT2D eigenvalue weighted by atomic mass is 9.85. The molecule has 2 atom stereocenters. The molecule has 43 heavy (non-hydrogen) atoms. The molecule has 3 N–H and O–H groups in total. The third kappa shape index (κ3) is 4.04. The van der Waals surface area contributed by atoms with E-state index in [1.807, 2.05) is 12.1 Å². The summed E-state index contributed by atoms with van der Waals surface area (Å²) in [6, 6.07) is 16.1. The van der Waals surface area contributed by atoms with Gasteiger partial charge in [-0.25, -0.2) is 0 Å². The van der Waals surface area contributed by atoms with Gasteiger partial charge in [-0.2, -0.15) is 0 Å². The summed E-state index contributed by atoms with van der Waals surface area (Å²) in [6.45, 7) is 1.59. The van der Waals surface area contributed by atoms with Gasteiger partial charge in [0.25, 0.3) is 0 Å². The third-order valence-electron chi connectivity index (χ3n) is 9.54. The number of hydrogen-bond acceptors (Lipinski definition) is 8. The van der Waals surface area contributed by atoms with Crippen molar-refractivity contribution in [2.24, 2.45) is 0 Å². The second kappa shape index (κ2) is 9.82. The average molecular weight is 579 g/mol. The number of benzene rings is 4. The normalized spacial score (nSPS) is 19.8. The number of rotatable bonds is 2. The summed E-state index contributed by atoms with van der Waals surface area (Å²) in [4.78, 5) is 2.30. The molecule has 0 radical (unpaired) electrons. The van der Waals surface area contributed by atoms with Crippen LogP contribution < -0.4 is 24.3 Å². The largest absolute Gasteiger partial charge is 0.507 e. The molecular formula is C35H34N2O6. The highest BCUT2D eigenvalue weighted by Crippen LogP contribution is 2.60. The van der Waals surface area contributed by atoms with Crippen LogP contribution in [0.5, 0.6) is 46.0 Å². The Morgan fingerprint density at radius 1 is 0.860 bits per heavy atom. The Balaban J connectivity index is 1.41. The van der Waals surface area contributed by atoms with Crippen molar-refractivity contribution in [2.75, 3.05) is 34.4 Å². The highest BCUT2D eigenvalue weighted by atomic mass is 16.6. The lowest BCUT2D eigenvalue weighted by Gasteiger charge is -2.38. The predicted octanol–water partition coefficient (Wildman–Crippen LogP) is 6.19. The van der Waals surface area contributed by atoms with E-state index in [1.165, 1.54) is 11.1 Å². The van der Waals surface area contributed by atoms with Crippen molar-refractivity contribution in [3.63, 3.8) is 0 Å². The Kier molecular flexibility index (Phi) is 6.00. The molecule has 4 aromatic carbocycles. The number of aromatic hydroxyl groups is 2. The van der Waals surface area contributed by atoms with E-state index in [1.54, 1.807) is 20.3 Å². The summed E-state index contributed by atoms with van der Waals surface area (Å²) in [5.41, 5.74) is 7.87. The van der Waals surface area contributed by atoms with Crippen molar-refractivity contribution in [1.82, 2.24) is 10.2 Å². The van der Waals surface area contributed by atoms with Gasteiger partial charge < -0.3 is 34.5 Å². The summed E-state index contributed by atoms with van der Waals surface area (Å²) >= 11 is 0. The quantitative estimate of drug-likeness (QED) is 0.228. The van der Waals surface area contributed by atoms with Gasteiger partial charge in [-0.05, 0) is 97.9 Å². The van der Waals surface area contributed by atoms with Gasteiger partial charge in [0.2, 0.25) is 11.5 Å². The van der Waals surface area contributed by atoms with E-state index in [0.29, 0.717) is 47.3 Å². The zero-order valence-corrected chi connectivity index (χ0v) is 24.5. The SMILES string of the molecule is COc1ccc2cc1-c1cc(ccc1O)CC1NCCc3cc4c(cc31)Oc1c(c(OC)c(O)c3c1C(C2)N(C)CC3)O4. The van der Waals surface area contributed by atoms with Crippen LogP contribution in [0.1, 0.15) is 45.5 Å². The van der Waals surface area contributed by atoms with Gasteiger partial charge in [0, 0.05) is 40.9 Å². The Morgan fingerprint density at radius 3 is 2.47 bits per heavy atom. The van der Waals surface area contributed by atoms with E-state index >= 15 is 0 Å². The molecule has 8 heteroatoms. The first kappa shape index (κ1) is 26.2. The van der Waals surface area contributed by atoms with Gasteiger partial charge in [0.15, 0.2) is 23.0 Å². The molecular weight excluding hydrogens is 544 g/mol. The topological polar surface area (TPSA) is 92.7 Å². The molecule has 0 fully saturated rings. The van der Waals surface area contributed by atoms with Crippen molar-refractivity contribution in [2.45, 2.75) is 37.8 Å². The van der Waals surface area contributed by atoms with E-state index in [-0.39, 0.29) is 23.6 Å². The molecule has 0 aromatic heterocycles. The summed E-state index contributed by atoms with van der Waals surface area (Å²) in [5.74, 6) is 3.61. The second-order valence-electron chi connectivity index (χ2n) is 11.9. The van der Waals surface area contributed by atoms with Crippen LogP contribution in [0.15, 0.2) is 48.5 Å². The molecule has 0 saturated heterocycles. The number of nitrogens with zero attached hydrogens (tertiary/aromatic N) is 1. The maximum absolute atomic E-state index is 11.5. The monoisotopic (exact) mass is 578 g/mol. The van der Waals surface area contributed by atoms with Gasteiger partial charge in [0.05, 0.1) is 14.2 Å². The molecule has 0 spiro atoms. The summed E-state index contributed by atoms with van der Waals surface area (Å²) in [5, 5.41) is 26.3. The zero-order chi connectivity index (χ0) is 29.4. The number of phenols is 2. The average Bonchev–Trinajstić information content (AvgIpc) is 3.01. The number of ether oxygens (including phenoxy) is 4. The van der Waals surface area contributed by atoms with Crippen molar-refractivity contribution in [1.29, 1.82) is 0 Å². The zero-order valence-electron chi connectivity index (χ0n) is 24.5. The fourth-order valence-electron chi connectivity index (χ4n) is 7.33. The minimum Gasteiger partial charge on any atom is -0.507 e. The number of phenolic OH excluding ortho intramolecular Hbond substituents is 2. The van der Waals surface area contributed by atoms with Gasteiger partial charge in [-0.15, -0.1) is 0 Å². The summed E-state index contributed by atoms with van der Waals surface area (Å²) in [7, 11) is 5.31. The fraction of sp³-hybridized carbons (Fsp3) is 0.314. The van der Waals surface area contributed by atoms with Crippen molar-refractivity contribution in [3.05, 3.63) is 81.9 Å². The predicted molar refractivity (Wildman–Crippen MR) is 162 cm³/mol. The summed E-state index contributed by atoms with van der Waals surface area (Å²) in [6.07, 6.45) is 2.90. The Bertz CT molecular complexity index is 1800. The molecule has 4 aliphatic heterocycles. The number of likely N-dealkylation sites (N-methyl/N-ethyl adjacent to an activating group) is 1. The highest BCUT2D eigenvalue weighted by Gasteiger charge is 2.39. The van der Waals surface area contributed by atoms with Gasteiger partial charge in [-0.3, -0.25) is 4.90 Å². The number of fused-ring (bicyclic) bond motifs is 5. The fourth-order valence-corrected chi connectivity index (χ4v) is 7.33. The van der Waals surface area contributed by atoms with Crippen molar-refractivity contribution in [3.8, 4) is 57.1 Å². The van der Waals surface area contributed by atoms with Crippen LogP contribution in [0.2, 0.25) is 0 Å². The number of hydrogen-bond donors (Lipinski definition) is 3. The molecule has 4 heterocycles. The molecule has 220 valence electrons. The smallest absolute Gasteiger partial charge is 0.216 e. The van der Waals surface area contributed by atoms with Crippen LogP contribution in [0, 0.1) is 0 Å². The first-order valence-corrected chi connectivity index (χ1v) is 14.8. The molecule has 8 nitrogen and oxygen atoms in total. The Morgan fingerprint density at radius 2 is 1.63 bits per heavy atom. The Labute approximate surface area is 250 Å². The van der Waals surface area contributed by atoms with Crippen LogP contribution in [0.3, 0.4) is 0 Å². The number of methoxy groups -OCH3 is 2. The molecule has 4 aromatic rings. The Hall–Kier alpha value is -4.40. The minimum atomic E-state index is -0.111. The number of nitrogens with one attached hydrogen (secondary N) is 1. The molecule has 0 aliphatic carbocycles.